The average Bonchev–Trinajstić information content (AvgIpc) is 3.17. The van der Waals surface area contributed by atoms with Crippen molar-refractivity contribution in [3.63, 3.8) is 0 Å². The van der Waals surface area contributed by atoms with Gasteiger partial charge in [0.2, 0.25) is 0 Å². The third-order valence-electron chi connectivity index (χ3n) is 3.42. The van der Waals surface area contributed by atoms with Gasteiger partial charge >= 0.3 is 0 Å². The van der Waals surface area contributed by atoms with E-state index in [0.29, 0.717) is 17.3 Å². The van der Waals surface area contributed by atoms with Gasteiger partial charge in [-0.2, -0.15) is 0 Å². The first-order chi connectivity index (χ1) is 10.7. The number of hydrogen-bond acceptors (Lipinski definition) is 6. The van der Waals surface area contributed by atoms with Gasteiger partial charge in [0.05, 0.1) is 11.9 Å². The van der Waals surface area contributed by atoms with E-state index in [0.717, 1.165) is 18.9 Å². The summed E-state index contributed by atoms with van der Waals surface area (Å²) in [5, 5.41) is 6.39. The topological polar surface area (TPSA) is 80.5 Å². The lowest BCUT2D eigenvalue weighted by Crippen LogP contribution is -2.21. The highest BCUT2D eigenvalue weighted by Gasteiger charge is 2.13. The summed E-state index contributed by atoms with van der Waals surface area (Å²) >= 11 is 0. The van der Waals surface area contributed by atoms with E-state index >= 15 is 0 Å². The van der Waals surface area contributed by atoms with Crippen molar-refractivity contribution in [2.24, 2.45) is 0 Å². The molecule has 3 rings (SSSR count). The fourth-order valence-corrected chi connectivity index (χ4v) is 2.34. The number of anilines is 2. The summed E-state index contributed by atoms with van der Waals surface area (Å²) in [6, 6.07) is 5.39. The second-order valence-corrected chi connectivity index (χ2v) is 5.21. The van der Waals surface area contributed by atoms with Gasteiger partial charge in [0.1, 0.15) is 11.6 Å². The van der Waals surface area contributed by atoms with Crippen molar-refractivity contribution in [3.8, 4) is 5.88 Å². The minimum absolute atomic E-state index is 0.125. The van der Waals surface area contributed by atoms with Crippen molar-refractivity contribution >= 4 is 17.4 Å². The molecule has 7 heteroatoms. The Morgan fingerprint density at radius 3 is 2.86 bits per heavy atom. The van der Waals surface area contributed by atoms with Gasteiger partial charge in [0.25, 0.3) is 11.8 Å². The van der Waals surface area contributed by atoms with Gasteiger partial charge in [-0.3, -0.25) is 4.79 Å². The number of carbonyl (C=O) groups is 1. The third kappa shape index (κ3) is 3.55. The summed E-state index contributed by atoms with van der Waals surface area (Å²) in [7, 11) is 0. The van der Waals surface area contributed by atoms with E-state index in [-0.39, 0.29) is 12.5 Å². The normalized spacial score (nSPS) is 14.1. The number of nitrogens with zero attached hydrogens (tertiary/aromatic N) is 3. The Bertz CT molecular complexity index is 632. The van der Waals surface area contributed by atoms with Crippen LogP contribution in [0.3, 0.4) is 0 Å². The molecule has 22 heavy (non-hydrogen) atoms. The minimum Gasteiger partial charge on any atom is -0.465 e. The van der Waals surface area contributed by atoms with E-state index in [1.165, 1.54) is 12.8 Å². The molecule has 0 saturated carbocycles. The first kappa shape index (κ1) is 14.4. The van der Waals surface area contributed by atoms with Crippen LogP contribution >= 0.6 is 0 Å². The maximum absolute atomic E-state index is 11.8. The standard InChI is InChI=1S/C15H18N4O3/c1-11-8-15(18-22-11)21-10-14(20)17-12-4-5-13(16-9-12)19-6-2-3-7-19/h4-5,8-9H,2-3,6-7,10H2,1H3,(H,17,20). The Kier molecular flexibility index (Phi) is 4.22. The van der Waals surface area contributed by atoms with Crippen LogP contribution in [0.25, 0.3) is 0 Å². The van der Waals surface area contributed by atoms with Crippen molar-refractivity contribution < 1.29 is 14.1 Å². The lowest BCUT2D eigenvalue weighted by atomic mass is 10.3. The van der Waals surface area contributed by atoms with Gasteiger partial charge in [-0.25, -0.2) is 4.98 Å². The number of aryl methyl sites for hydroxylation is 1. The van der Waals surface area contributed by atoms with Crippen molar-refractivity contribution in [1.82, 2.24) is 10.1 Å². The van der Waals surface area contributed by atoms with Gasteiger partial charge < -0.3 is 19.5 Å². The van der Waals surface area contributed by atoms with E-state index < -0.39 is 0 Å². The molecule has 2 aromatic rings. The number of carbonyl (C=O) groups excluding carboxylic acids is 1. The molecule has 0 atom stereocenters. The molecule has 2 aromatic heterocycles. The highest BCUT2D eigenvalue weighted by atomic mass is 16.5. The molecule has 116 valence electrons. The summed E-state index contributed by atoms with van der Waals surface area (Å²) in [5.41, 5.74) is 0.646. The SMILES string of the molecule is Cc1cc(OCC(=O)Nc2ccc(N3CCCC3)nc2)no1. The van der Waals surface area contributed by atoms with E-state index in [4.69, 9.17) is 9.26 Å². The first-order valence-corrected chi connectivity index (χ1v) is 7.28. The van der Waals surface area contributed by atoms with Gasteiger partial charge in [-0.05, 0) is 37.1 Å². The van der Waals surface area contributed by atoms with Gasteiger partial charge in [0.15, 0.2) is 6.61 Å². The van der Waals surface area contributed by atoms with Crippen LogP contribution in [0.4, 0.5) is 11.5 Å². The quantitative estimate of drug-likeness (QED) is 0.910. The molecular formula is C15H18N4O3. The first-order valence-electron chi connectivity index (χ1n) is 7.28. The highest BCUT2D eigenvalue weighted by molar-refractivity contribution is 5.91. The monoisotopic (exact) mass is 302 g/mol. The lowest BCUT2D eigenvalue weighted by molar-refractivity contribution is -0.118. The van der Waals surface area contributed by atoms with E-state index in [1.807, 2.05) is 12.1 Å². The predicted octanol–water partition coefficient (Wildman–Crippen LogP) is 2.00. The molecule has 1 N–H and O–H groups in total. The molecule has 0 aliphatic carbocycles. The molecule has 1 aliphatic heterocycles. The molecule has 0 radical (unpaired) electrons. The van der Waals surface area contributed by atoms with Crippen LogP contribution in [0.2, 0.25) is 0 Å². The predicted molar refractivity (Wildman–Crippen MR) is 81.0 cm³/mol. The fraction of sp³-hybridized carbons (Fsp3) is 0.400. The summed E-state index contributed by atoms with van der Waals surface area (Å²) in [6.07, 6.45) is 4.07. The van der Waals surface area contributed by atoms with Crippen molar-refractivity contribution in [3.05, 3.63) is 30.2 Å². The van der Waals surface area contributed by atoms with Crippen molar-refractivity contribution in [1.29, 1.82) is 0 Å². The number of hydrogen-bond donors (Lipinski definition) is 1. The third-order valence-corrected chi connectivity index (χ3v) is 3.42. The molecule has 3 heterocycles. The van der Waals surface area contributed by atoms with E-state index in [2.05, 4.69) is 20.4 Å². The number of amides is 1. The molecule has 7 nitrogen and oxygen atoms in total. The summed E-state index contributed by atoms with van der Waals surface area (Å²) in [4.78, 5) is 18.4. The number of aromatic nitrogens is 2. The van der Waals surface area contributed by atoms with Crippen LogP contribution in [-0.4, -0.2) is 35.7 Å². The Morgan fingerprint density at radius 2 is 2.23 bits per heavy atom. The van der Waals surface area contributed by atoms with Gasteiger partial charge in [0, 0.05) is 19.2 Å². The maximum atomic E-state index is 11.8. The van der Waals surface area contributed by atoms with Gasteiger partial charge in [-0.1, -0.05) is 0 Å². The molecule has 1 saturated heterocycles. The number of rotatable bonds is 5. The lowest BCUT2D eigenvalue weighted by Gasteiger charge is -2.16. The van der Waals surface area contributed by atoms with Crippen LogP contribution < -0.4 is 15.0 Å². The number of nitrogens with one attached hydrogen (secondary N) is 1. The van der Waals surface area contributed by atoms with Gasteiger partial charge in [-0.15, -0.1) is 0 Å². The van der Waals surface area contributed by atoms with Crippen LogP contribution in [0.1, 0.15) is 18.6 Å². The summed E-state index contributed by atoms with van der Waals surface area (Å²) in [6.45, 7) is 3.72. The van der Waals surface area contributed by atoms with Crippen LogP contribution in [0.5, 0.6) is 5.88 Å². The minimum atomic E-state index is -0.267. The molecule has 0 spiro atoms. The Hall–Kier alpha value is -2.57. The molecule has 1 aliphatic rings. The molecular weight excluding hydrogens is 284 g/mol. The molecule has 1 amide bonds. The largest absolute Gasteiger partial charge is 0.465 e. The number of ether oxygens (including phenoxy) is 1. The molecule has 0 unspecified atom stereocenters. The Labute approximate surface area is 128 Å². The van der Waals surface area contributed by atoms with E-state index in [1.54, 1.807) is 19.2 Å². The molecule has 0 bridgehead atoms. The average molecular weight is 302 g/mol. The van der Waals surface area contributed by atoms with Crippen LogP contribution in [-0.2, 0) is 4.79 Å². The van der Waals surface area contributed by atoms with Crippen LogP contribution in [0.15, 0.2) is 28.9 Å². The van der Waals surface area contributed by atoms with Crippen molar-refractivity contribution in [2.45, 2.75) is 19.8 Å². The molecule has 0 aromatic carbocycles. The summed E-state index contributed by atoms with van der Waals surface area (Å²) < 4.78 is 10.1. The fourth-order valence-electron chi connectivity index (χ4n) is 2.34. The second kappa shape index (κ2) is 6.46. The molecule has 1 fully saturated rings. The van der Waals surface area contributed by atoms with E-state index in [9.17, 15) is 4.79 Å². The highest BCUT2D eigenvalue weighted by Crippen LogP contribution is 2.19. The Morgan fingerprint density at radius 1 is 1.41 bits per heavy atom. The maximum Gasteiger partial charge on any atom is 0.262 e. The van der Waals surface area contributed by atoms with Crippen molar-refractivity contribution in [2.75, 3.05) is 29.9 Å². The number of pyridine rings is 1. The zero-order valence-corrected chi connectivity index (χ0v) is 12.4. The summed E-state index contributed by atoms with van der Waals surface area (Å²) in [5.74, 6) is 1.62. The Balaban J connectivity index is 1.50. The smallest absolute Gasteiger partial charge is 0.262 e. The zero-order chi connectivity index (χ0) is 15.4. The second-order valence-electron chi connectivity index (χ2n) is 5.21. The zero-order valence-electron chi connectivity index (χ0n) is 12.4. The van der Waals surface area contributed by atoms with Crippen LogP contribution in [0, 0.1) is 6.92 Å².